The lowest BCUT2D eigenvalue weighted by Crippen LogP contribution is -2.43. The highest BCUT2D eigenvalue weighted by molar-refractivity contribution is 5.05. The Labute approximate surface area is 161 Å². The van der Waals surface area contributed by atoms with Crippen molar-refractivity contribution in [1.29, 1.82) is 0 Å². The van der Waals surface area contributed by atoms with Gasteiger partial charge in [-0.05, 0) is 32.1 Å². The van der Waals surface area contributed by atoms with Crippen LogP contribution in [-0.2, 0) is 9.47 Å². The van der Waals surface area contributed by atoms with Crippen LogP contribution >= 0.6 is 0 Å². The number of allylic oxidation sites excluding steroid dienone is 1. The van der Waals surface area contributed by atoms with Gasteiger partial charge in [0.2, 0.25) is 0 Å². The van der Waals surface area contributed by atoms with Gasteiger partial charge in [-0.1, -0.05) is 83.3 Å². The van der Waals surface area contributed by atoms with E-state index in [1.165, 1.54) is 96.3 Å². The van der Waals surface area contributed by atoms with E-state index < -0.39 is 0 Å². The molecule has 26 heavy (non-hydrogen) atoms. The molecule has 3 saturated heterocycles. The third kappa shape index (κ3) is 5.81. The van der Waals surface area contributed by atoms with Crippen LogP contribution in [0, 0.1) is 0 Å². The van der Waals surface area contributed by atoms with Gasteiger partial charge in [0, 0.05) is 0 Å². The van der Waals surface area contributed by atoms with E-state index in [-0.39, 0.29) is 6.10 Å². The lowest BCUT2D eigenvalue weighted by molar-refractivity contribution is -0.0938. The predicted molar refractivity (Wildman–Crippen MR) is 108 cm³/mol. The van der Waals surface area contributed by atoms with Crippen LogP contribution in [0.5, 0.6) is 0 Å². The third-order valence-corrected chi connectivity index (χ3v) is 6.40. The first-order valence-electron chi connectivity index (χ1n) is 11.6. The fourth-order valence-electron chi connectivity index (χ4n) is 4.85. The van der Waals surface area contributed by atoms with Gasteiger partial charge < -0.3 is 9.47 Å². The van der Waals surface area contributed by atoms with Gasteiger partial charge in [-0.3, -0.25) is 0 Å². The summed E-state index contributed by atoms with van der Waals surface area (Å²) in [4.78, 5) is 2.50. The third-order valence-electron chi connectivity index (χ3n) is 6.40. The van der Waals surface area contributed by atoms with Crippen LogP contribution in [0.25, 0.3) is 0 Å². The molecule has 0 aromatic carbocycles. The van der Waals surface area contributed by atoms with Crippen LogP contribution in [0.3, 0.4) is 0 Å². The number of hydrogen-bond acceptors (Lipinski definition) is 3. The highest BCUT2D eigenvalue weighted by Gasteiger charge is 2.50. The molecule has 3 heteroatoms. The molecule has 150 valence electrons. The van der Waals surface area contributed by atoms with Crippen LogP contribution in [-0.4, -0.2) is 36.1 Å². The number of piperidine rings is 1. The summed E-state index contributed by atoms with van der Waals surface area (Å²) in [5, 5.41) is 0. The molecular formula is C23H41NO2. The summed E-state index contributed by atoms with van der Waals surface area (Å²) < 4.78 is 12.2. The molecule has 0 spiro atoms. The molecule has 0 saturated carbocycles. The van der Waals surface area contributed by atoms with Crippen molar-refractivity contribution in [1.82, 2.24) is 4.90 Å². The van der Waals surface area contributed by atoms with E-state index in [4.69, 9.17) is 9.47 Å². The van der Waals surface area contributed by atoms with E-state index in [1.807, 2.05) is 0 Å². The fourth-order valence-corrected chi connectivity index (χ4v) is 4.85. The molecule has 3 heterocycles. The van der Waals surface area contributed by atoms with E-state index in [1.54, 1.807) is 0 Å². The average Bonchev–Trinajstić information content (AvgIpc) is 3.25. The molecule has 0 aromatic heterocycles. The summed E-state index contributed by atoms with van der Waals surface area (Å²) in [7, 11) is 0. The zero-order valence-corrected chi connectivity index (χ0v) is 17.0. The van der Waals surface area contributed by atoms with E-state index in [0.717, 1.165) is 6.61 Å². The minimum absolute atomic E-state index is 0.260. The average molecular weight is 364 g/mol. The van der Waals surface area contributed by atoms with E-state index >= 15 is 0 Å². The van der Waals surface area contributed by atoms with Crippen molar-refractivity contribution in [2.75, 3.05) is 6.61 Å². The highest BCUT2D eigenvalue weighted by Crippen LogP contribution is 2.39. The minimum Gasteiger partial charge on any atom is -0.361 e. The van der Waals surface area contributed by atoms with Crippen molar-refractivity contribution in [2.45, 2.75) is 128 Å². The van der Waals surface area contributed by atoms with Crippen LogP contribution in [0.15, 0.2) is 12.2 Å². The van der Waals surface area contributed by atoms with Gasteiger partial charge >= 0.3 is 0 Å². The quantitative estimate of drug-likeness (QED) is 0.288. The Morgan fingerprint density at radius 1 is 0.846 bits per heavy atom. The first-order chi connectivity index (χ1) is 12.9. The minimum atomic E-state index is 0.260. The van der Waals surface area contributed by atoms with Gasteiger partial charge in [-0.15, -0.1) is 0 Å². The van der Waals surface area contributed by atoms with Gasteiger partial charge in [-0.25, -0.2) is 4.90 Å². The molecule has 0 unspecified atom stereocenters. The van der Waals surface area contributed by atoms with Crippen molar-refractivity contribution in [3.63, 3.8) is 0 Å². The van der Waals surface area contributed by atoms with E-state index in [9.17, 15) is 0 Å². The second kappa shape index (κ2) is 11.5. The van der Waals surface area contributed by atoms with Crippen molar-refractivity contribution in [3.8, 4) is 0 Å². The largest absolute Gasteiger partial charge is 0.361 e. The molecule has 3 fully saturated rings. The fraction of sp³-hybridized carbons (Fsp3) is 0.913. The smallest absolute Gasteiger partial charge is 0.113 e. The van der Waals surface area contributed by atoms with Crippen molar-refractivity contribution in [3.05, 3.63) is 12.2 Å². The first kappa shape index (κ1) is 20.4. The number of ether oxygens (including phenoxy) is 2. The van der Waals surface area contributed by atoms with E-state index in [0.29, 0.717) is 18.5 Å². The normalized spacial score (nSPS) is 31.1. The monoisotopic (exact) mass is 363 g/mol. The van der Waals surface area contributed by atoms with Gasteiger partial charge in [0.25, 0.3) is 0 Å². The Hall–Kier alpha value is -0.380. The maximum atomic E-state index is 6.27. The number of nitrogens with zero attached hydrogens (tertiary/aromatic N) is 1. The molecule has 0 N–H and O–H groups in total. The lowest BCUT2D eigenvalue weighted by Gasteiger charge is -2.31. The van der Waals surface area contributed by atoms with E-state index in [2.05, 4.69) is 24.0 Å². The zero-order chi connectivity index (χ0) is 18.0. The zero-order valence-electron chi connectivity index (χ0n) is 17.0. The number of hydrogen-bond donors (Lipinski definition) is 0. The van der Waals surface area contributed by atoms with Crippen molar-refractivity contribution in [2.24, 2.45) is 0 Å². The topological polar surface area (TPSA) is 21.7 Å². The molecule has 0 aliphatic carbocycles. The molecule has 3 aliphatic rings. The Morgan fingerprint density at radius 2 is 1.50 bits per heavy atom. The SMILES string of the molecule is CCCCCCCCCCCCC/C=C/[C@H]1O[C@H]2CCC[C@H]3OC[C@@H]1N23. The molecule has 3 rings (SSSR count). The molecular weight excluding hydrogens is 322 g/mol. The Morgan fingerprint density at radius 3 is 2.23 bits per heavy atom. The van der Waals surface area contributed by atoms with Crippen molar-refractivity contribution >= 4 is 0 Å². The number of rotatable bonds is 13. The highest BCUT2D eigenvalue weighted by atomic mass is 16.6. The Bertz CT molecular complexity index is 411. The second-order valence-corrected chi connectivity index (χ2v) is 8.54. The summed E-state index contributed by atoms with van der Waals surface area (Å²) in [5.74, 6) is 0. The second-order valence-electron chi connectivity index (χ2n) is 8.54. The van der Waals surface area contributed by atoms with Crippen LogP contribution in [0.1, 0.15) is 103 Å². The van der Waals surface area contributed by atoms with Crippen molar-refractivity contribution < 1.29 is 9.47 Å². The Kier molecular flexibility index (Phi) is 8.97. The summed E-state index contributed by atoms with van der Waals surface area (Å²) in [5.41, 5.74) is 0. The maximum Gasteiger partial charge on any atom is 0.113 e. The molecule has 4 atom stereocenters. The Balaban J connectivity index is 1.18. The molecule has 0 amide bonds. The molecule has 0 bridgehead atoms. The van der Waals surface area contributed by atoms with Gasteiger partial charge in [0.05, 0.1) is 18.8 Å². The number of unbranched alkanes of at least 4 members (excludes halogenated alkanes) is 11. The van der Waals surface area contributed by atoms with Crippen LogP contribution < -0.4 is 0 Å². The molecule has 3 aliphatic heterocycles. The summed E-state index contributed by atoms with van der Waals surface area (Å²) >= 11 is 0. The van der Waals surface area contributed by atoms with Gasteiger partial charge in [0.1, 0.15) is 12.5 Å². The molecule has 3 nitrogen and oxygen atoms in total. The maximum absolute atomic E-state index is 6.27. The first-order valence-corrected chi connectivity index (χ1v) is 11.6. The summed E-state index contributed by atoms with van der Waals surface area (Å²) in [6.07, 6.45) is 26.0. The van der Waals surface area contributed by atoms with Crippen LogP contribution in [0.4, 0.5) is 0 Å². The van der Waals surface area contributed by atoms with Crippen LogP contribution in [0.2, 0.25) is 0 Å². The molecule has 0 radical (unpaired) electrons. The summed E-state index contributed by atoms with van der Waals surface area (Å²) in [6.45, 7) is 3.15. The van der Waals surface area contributed by atoms with Gasteiger partial charge in [0.15, 0.2) is 0 Å². The predicted octanol–water partition coefficient (Wildman–Crippen LogP) is 6.18. The standard InChI is InChI=1S/C23H41NO2/c1-2-3-4-5-6-7-8-9-10-11-12-13-14-16-21-20-19-25-22-17-15-18-23(26-21)24(20)22/h14,16,20-23H,2-13,15,17-19H2,1H3/b16-14+/t20-,21+,22+,23-/m0/s1. The lowest BCUT2D eigenvalue weighted by atomic mass is 10.0. The molecule has 0 aromatic rings. The van der Waals surface area contributed by atoms with Gasteiger partial charge in [-0.2, -0.15) is 0 Å². The summed E-state index contributed by atoms with van der Waals surface area (Å²) in [6, 6.07) is 0.471.